The van der Waals surface area contributed by atoms with Crippen molar-refractivity contribution in [3.63, 3.8) is 0 Å². The Morgan fingerprint density at radius 3 is 1.43 bits per heavy atom. The summed E-state index contributed by atoms with van der Waals surface area (Å²) in [5.74, 6) is -1.67. The molecule has 1 rings (SSSR count). The molecule has 0 N–H and O–H groups in total. The third kappa shape index (κ3) is 4.96. The van der Waals surface area contributed by atoms with Crippen molar-refractivity contribution in [2.45, 2.75) is 44.2 Å². The Kier molecular flexibility index (Phi) is 6.81. The lowest BCUT2D eigenvalue weighted by molar-refractivity contribution is -0.192. The number of hydrogen-bond acceptors (Lipinski definition) is 2. The molecular formula is C13H23F3N2OSi2. The summed E-state index contributed by atoms with van der Waals surface area (Å²) < 4.78 is 39.2. The topological polar surface area (TPSA) is 33.2 Å². The van der Waals surface area contributed by atoms with Crippen LogP contribution in [0.3, 0.4) is 0 Å². The van der Waals surface area contributed by atoms with Crippen LogP contribution < -0.4 is 0 Å². The molecule has 0 spiro atoms. The molecule has 0 atom stereocenters. The minimum atomic E-state index is -2.65. The molecule has 21 heavy (non-hydrogen) atoms. The number of hydrogen-bond donors (Lipinski definition) is 0. The molecule has 0 unspecified atom stereocenters. The first-order valence-corrected chi connectivity index (χ1v) is 13.6. The lowest BCUT2D eigenvalue weighted by Gasteiger charge is -2.42. The third-order valence-corrected chi connectivity index (χ3v) is 12.1. The van der Waals surface area contributed by atoms with Crippen LogP contribution in [-0.2, 0) is 4.79 Å². The van der Waals surface area contributed by atoms with Gasteiger partial charge in [-0.25, -0.2) is 4.39 Å². The van der Waals surface area contributed by atoms with Gasteiger partial charge in [0, 0.05) is 12.4 Å². The first-order valence-electron chi connectivity index (χ1n) is 6.55. The fourth-order valence-corrected chi connectivity index (χ4v) is 12.6. The molecule has 0 aliphatic carbocycles. The molecule has 1 heterocycles. The predicted octanol–water partition coefficient (Wildman–Crippen LogP) is 4.13. The maximum Gasteiger partial charge on any atom is 0.313 e. The van der Waals surface area contributed by atoms with Crippen molar-refractivity contribution in [3.8, 4) is 0 Å². The van der Waals surface area contributed by atoms with E-state index < -0.39 is 32.3 Å². The number of carbonyl (C=O) groups excluding carboxylic acids is 1. The van der Waals surface area contributed by atoms with Crippen molar-refractivity contribution in [2.75, 3.05) is 0 Å². The van der Waals surface area contributed by atoms with Crippen LogP contribution in [0.4, 0.5) is 13.4 Å². The minimum absolute atomic E-state index is 1.60. The van der Waals surface area contributed by atoms with Crippen LogP contribution in [0.5, 0.6) is 0 Å². The van der Waals surface area contributed by atoms with Crippen molar-refractivity contribution >= 4 is 22.1 Å². The Bertz CT molecular complexity index is 404. The molecule has 120 valence electrons. The number of carbonyl (C=O) groups is 1. The van der Waals surface area contributed by atoms with Crippen LogP contribution in [0, 0.1) is 0 Å². The molecule has 0 aliphatic rings. The fraction of sp³-hybridized carbons (Fsp3) is 0.538. The standard InChI is InChI=1S/C8H18F3NOSi2.C5H5N/c1-14(2,3)8(9,15(4,5)6)7(13)12(10)11;1-2-4-6-5-3-1/h1-6H3;1-5H. The monoisotopic (exact) mass is 336 g/mol. The Balaban J connectivity index is 0.000000547. The van der Waals surface area contributed by atoms with E-state index in [0.29, 0.717) is 0 Å². The third-order valence-electron chi connectivity index (χ3n) is 3.08. The van der Waals surface area contributed by atoms with Crippen molar-refractivity contribution < 1.29 is 18.1 Å². The highest BCUT2D eigenvalue weighted by Crippen LogP contribution is 2.36. The van der Waals surface area contributed by atoms with Crippen LogP contribution >= 0.6 is 0 Å². The van der Waals surface area contributed by atoms with E-state index in [9.17, 15) is 18.1 Å². The first kappa shape index (κ1) is 19.8. The zero-order chi connectivity index (χ0) is 16.9. The summed E-state index contributed by atoms with van der Waals surface area (Å²) in [6, 6.07) is 5.72. The van der Waals surface area contributed by atoms with Gasteiger partial charge < -0.3 is 0 Å². The molecule has 3 nitrogen and oxygen atoms in total. The van der Waals surface area contributed by atoms with E-state index in [1.54, 1.807) is 51.7 Å². The average Bonchev–Trinajstić information content (AvgIpc) is 2.37. The minimum Gasteiger partial charge on any atom is -0.266 e. The number of amides is 1. The molecule has 0 saturated carbocycles. The molecule has 0 bridgehead atoms. The van der Waals surface area contributed by atoms with Gasteiger partial charge in [0.25, 0.3) is 0 Å². The second-order valence-corrected chi connectivity index (χ2v) is 17.6. The quantitative estimate of drug-likeness (QED) is 0.614. The lowest BCUT2D eigenvalue weighted by atomic mass is 10.5. The largest absolute Gasteiger partial charge is 0.313 e. The summed E-state index contributed by atoms with van der Waals surface area (Å²) in [4.78, 5) is 12.8. The van der Waals surface area contributed by atoms with E-state index in [4.69, 9.17) is 0 Å². The van der Waals surface area contributed by atoms with Crippen LogP contribution in [0.25, 0.3) is 0 Å². The highest BCUT2D eigenvalue weighted by molar-refractivity contribution is 7.02. The smallest absolute Gasteiger partial charge is 0.266 e. The molecular weight excluding hydrogens is 313 g/mol. The van der Waals surface area contributed by atoms with Crippen LogP contribution in [0.15, 0.2) is 30.6 Å². The van der Waals surface area contributed by atoms with E-state index in [1.165, 1.54) is 0 Å². The predicted molar refractivity (Wildman–Crippen MR) is 83.8 cm³/mol. The summed E-state index contributed by atoms with van der Waals surface area (Å²) >= 11 is 0. The van der Waals surface area contributed by atoms with Gasteiger partial charge in [-0.15, -0.1) is 0 Å². The summed E-state index contributed by atoms with van der Waals surface area (Å²) in [7, 11) is -5.30. The van der Waals surface area contributed by atoms with Gasteiger partial charge >= 0.3 is 5.91 Å². The Morgan fingerprint density at radius 2 is 1.33 bits per heavy atom. The number of pyridine rings is 1. The maximum atomic E-state index is 14.7. The van der Waals surface area contributed by atoms with Gasteiger partial charge in [-0.1, -0.05) is 54.3 Å². The zero-order valence-corrected chi connectivity index (χ0v) is 15.3. The molecule has 1 aromatic heterocycles. The van der Waals surface area contributed by atoms with E-state index in [2.05, 4.69) is 4.98 Å². The van der Waals surface area contributed by atoms with E-state index in [1.807, 2.05) is 18.2 Å². The van der Waals surface area contributed by atoms with E-state index in [0.717, 1.165) is 0 Å². The molecule has 0 radical (unpaired) electrons. The number of nitrogens with zero attached hydrogens (tertiary/aromatic N) is 2. The van der Waals surface area contributed by atoms with Gasteiger partial charge in [-0.2, -0.15) is 0 Å². The number of halogens is 3. The fourth-order valence-electron chi connectivity index (χ4n) is 2.20. The molecule has 8 heteroatoms. The van der Waals surface area contributed by atoms with Crippen LogP contribution in [-0.4, -0.2) is 37.3 Å². The molecule has 1 amide bonds. The van der Waals surface area contributed by atoms with Crippen LogP contribution in [0.1, 0.15) is 0 Å². The Hall–Kier alpha value is -1.16. The van der Waals surface area contributed by atoms with Gasteiger partial charge in [0.05, 0.1) is 16.1 Å². The second kappa shape index (κ2) is 7.21. The van der Waals surface area contributed by atoms with Crippen molar-refractivity contribution in [2.24, 2.45) is 0 Å². The zero-order valence-electron chi connectivity index (χ0n) is 13.3. The highest BCUT2D eigenvalue weighted by atomic mass is 28.4. The Labute approximate surface area is 126 Å². The average molecular weight is 337 g/mol. The Morgan fingerprint density at radius 1 is 0.952 bits per heavy atom. The normalized spacial score (nSPS) is 12.2. The first-order chi connectivity index (χ1) is 9.35. The van der Waals surface area contributed by atoms with Crippen LogP contribution in [0.2, 0.25) is 39.3 Å². The summed E-state index contributed by atoms with van der Waals surface area (Å²) in [6.45, 7) is 9.62. The molecule has 0 saturated heterocycles. The molecule has 0 fully saturated rings. The summed E-state index contributed by atoms with van der Waals surface area (Å²) in [5.41, 5.74) is 0. The van der Waals surface area contributed by atoms with Gasteiger partial charge in [0.1, 0.15) is 0 Å². The van der Waals surface area contributed by atoms with E-state index in [-0.39, 0.29) is 0 Å². The molecule has 0 aromatic carbocycles. The van der Waals surface area contributed by atoms with Crippen molar-refractivity contribution in [3.05, 3.63) is 30.6 Å². The van der Waals surface area contributed by atoms with Gasteiger partial charge in [-0.3, -0.25) is 9.78 Å². The lowest BCUT2D eigenvalue weighted by Crippen LogP contribution is -2.69. The van der Waals surface area contributed by atoms with Gasteiger partial charge in [0.15, 0.2) is 4.92 Å². The van der Waals surface area contributed by atoms with E-state index >= 15 is 0 Å². The number of aromatic nitrogens is 1. The van der Waals surface area contributed by atoms with Gasteiger partial charge in [-0.05, 0) is 17.5 Å². The highest BCUT2D eigenvalue weighted by Gasteiger charge is 2.61. The number of rotatable bonds is 3. The maximum absolute atomic E-state index is 14.7. The molecule has 0 aliphatic heterocycles. The number of alkyl halides is 1. The summed E-state index contributed by atoms with van der Waals surface area (Å²) in [6.07, 6.45) is 3.50. The second-order valence-electron chi connectivity index (χ2n) is 6.72. The van der Waals surface area contributed by atoms with Crippen molar-refractivity contribution in [1.29, 1.82) is 0 Å². The van der Waals surface area contributed by atoms with Gasteiger partial charge in [0.2, 0.25) is 0 Å². The van der Waals surface area contributed by atoms with Crippen molar-refractivity contribution in [1.82, 2.24) is 10.3 Å². The SMILES string of the molecule is C[Si](C)(C)C(F)(C(=O)N(F)F)[Si](C)(C)C.c1ccncc1. The summed E-state index contributed by atoms with van der Waals surface area (Å²) in [5, 5.41) is -1.60. The molecule has 1 aromatic rings.